The van der Waals surface area contributed by atoms with E-state index in [1.165, 1.54) is 7.05 Å². The molecular weight excluding hydrogens is 198 g/mol. The first kappa shape index (κ1) is 10.4. The highest BCUT2D eigenvalue weighted by Crippen LogP contribution is 2.08. The zero-order valence-corrected chi connectivity index (χ0v) is 7.28. The van der Waals surface area contributed by atoms with E-state index in [0.29, 0.717) is 0 Å². The van der Waals surface area contributed by atoms with Crippen LogP contribution in [0.25, 0.3) is 0 Å². The van der Waals surface area contributed by atoms with Crippen molar-refractivity contribution in [3.05, 3.63) is 5.69 Å². The van der Waals surface area contributed by atoms with Gasteiger partial charge in [0.25, 0.3) is 12.3 Å². The first-order chi connectivity index (χ1) is 6.52. The summed E-state index contributed by atoms with van der Waals surface area (Å²) in [7, 11) is 1.21. The zero-order chi connectivity index (χ0) is 10.7. The van der Waals surface area contributed by atoms with Gasteiger partial charge < -0.3 is 10.6 Å². The summed E-state index contributed by atoms with van der Waals surface area (Å²) in [5.41, 5.74) is 4.95. The van der Waals surface area contributed by atoms with Crippen LogP contribution in [0.15, 0.2) is 4.63 Å². The molecule has 0 saturated carbocycles. The Hall–Kier alpha value is -1.73. The molecule has 1 heterocycles. The fourth-order valence-electron chi connectivity index (χ4n) is 0.815. The Kier molecular flexibility index (Phi) is 2.95. The molecule has 78 valence electrons. The summed E-state index contributed by atoms with van der Waals surface area (Å²) >= 11 is 0. The highest BCUT2D eigenvalue weighted by atomic mass is 19.3. The molecule has 0 spiro atoms. The monoisotopic (exact) mass is 206 g/mol. The van der Waals surface area contributed by atoms with E-state index in [1.54, 1.807) is 0 Å². The van der Waals surface area contributed by atoms with Crippen LogP contribution in [-0.2, 0) is 0 Å². The van der Waals surface area contributed by atoms with Crippen molar-refractivity contribution >= 4 is 11.7 Å². The molecule has 0 bridgehead atoms. The average molecular weight is 206 g/mol. The molecule has 0 radical (unpaired) electrons. The van der Waals surface area contributed by atoms with Crippen molar-refractivity contribution in [3.63, 3.8) is 0 Å². The smallest absolute Gasteiger partial charge is 0.279 e. The topological polar surface area (TPSA) is 85.2 Å². The number of hydrogen-bond donors (Lipinski definition) is 1. The van der Waals surface area contributed by atoms with Gasteiger partial charge in [0.05, 0.1) is 6.54 Å². The molecule has 14 heavy (non-hydrogen) atoms. The number of alkyl halides is 2. The molecule has 0 aliphatic rings. The molecule has 8 heteroatoms. The summed E-state index contributed by atoms with van der Waals surface area (Å²) in [6.07, 6.45) is -2.61. The van der Waals surface area contributed by atoms with E-state index in [2.05, 4.69) is 14.9 Å². The molecule has 0 aromatic carbocycles. The van der Waals surface area contributed by atoms with Crippen LogP contribution in [0.2, 0.25) is 0 Å². The van der Waals surface area contributed by atoms with Crippen LogP contribution < -0.4 is 5.73 Å². The lowest BCUT2D eigenvalue weighted by atomic mass is 10.3. The maximum Gasteiger partial charge on any atom is 0.279 e. The van der Waals surface area contributed by atoms with Gasteiger partial charge in [-0.1, -0.05) is 0 Å². The Morgan fingerprint density at radius 1 is 1.64 bits per heavy atom. The van der Waals surface area contributed by atoms with Gasteiger partial charge in [0.15, 0.2) is 0 Å². The van der Waals surface area contributed by atoms with Crippen molar-refractivity contribution in [3.8, 4) is 0 Å². The standard InChI is InChI=1S/C6H8F2N4O2/c1-12(2-3(7)8)6(13)4-5(9)11-14-10-4/h3H,2H2,1H3,(H2,9,11). The van der Waals surface area contributed by atoms with Crippen LogP contribution in [-0.4, -0.2) is 41.1 Å². The third kappa shape index (κ3) is 2.15. The number of nitrogens with zero attached hydrogens (tertiary/aromatic N) is 3. The Balaban J connectivity index is 2.71. The van der Waals surface area contributed by atoms with Crippen molar-refractivity contribution in [2.75, 3.05) is 19.3 Å². The lowest BCUT2D eigenvalue weighted by Gasteiger charge is -2.14. The van der Waals surface area contributed by atoms with Crippen LogP contribution in [0.5, 0.6) is 0 Å². The summed E-state index contributed by atoms with van der Waals surface area (Å²) in [6.45, 7) is -0.689. The van der Waals surface area contributed by atoms with E-state index in [4.69, 9.17) is 5.73 Å². The SMILES string of the molecule is CN(CC(F)F)C(=O)c1nonc1N. The van der Waals surface area contributed by atoms with E-state index in [1.807, 2.05) is 0 Å². The Morgan fingerprint density at radius 2 is 2.29 bits per heavy atom. The quantitative estimate of drug-likeness (QED) is 0.751. The Bertz CT molecular complexity index is 327. The molecule has 0 atom stereocenters. The fraction of sp³-hybridized carbons (Fsp3) is 0.500. The summed E-state index contributed by atoms with van der Waals surface area (Å²) in [5.74, 6) is -0.958. The van der Waals surface area contributed by atoms with Gasteiger partial charge in [0, 0.05) is 7.05 Å². The number of amides is 1. The largest absolute Gasteiger partial charge is 0.379 e. The minimum atomic E-state index is -2.61. The predicted octanol–water partition coefficient (Wildman–Crippen LogP) is -0.0111. The van der Waals surface area contributed by atoms with Crippen LogP contribution in [0, 0.1) is 0 Å². The lowest BCUT2D eigenvalue weighted by Crippen LogP contribution is -2.31. The molecule has 1 rings (SSSR count). The van der Waals surface area contributed by atoms with Crippen molar-refractivity contribution in [2.24, 2.45) is 0 Å². The number of nitrogen functional groups attached to an aromatic ring is 1. The van der Waals surface area contributed by atoms with Gasteiger partial charge in [-0.25, -0.2) is 13.4 Å². The second kappa shape index (κ2) is 3.99. The number of nitrogens with two attached hydrogens (primary N) is 1. The third-order valence-corrected chi connectivity index (χ3v) is 1.48. The fourth-order valence-corrected chi connectivity index (χ4v) is 0.815. The Morgan fingerprint density at radius 3 is 2.71 bits per heavy atom. The van der Waals surface area contributed by atoms with Crippen LogP contribution >= 0.6 is 0 Å². The summed E-state index contributed by atoms with van der Waals surface area (Å²) in [6, 6.07) is 0. The van der Waals surface area contributed by atoms with Crippen molar-refractivity contribution in [1.29, 1.82) is 0 Å². The second-order valence-corrected chi connectivity index (χ2v) is 2.57. The summed E-state index contributed by atoms with van der Waals surface area (Å²) in [4.78, 5) is 12.1. The van der Waals surface area contributed by atoms with Gasteiger partial charge in [0.1, 0.15) is 0 Å². The normalized spacial score (nSPS) is 10.6. The van der Waals surface area contributed by atoms with Crippen LogP contribution in [0.4, 0.5) is 14.6 Å². The molecule has 6 nitrogen and oxygen atoms in total. The number of halogens is 2. The van der Waals surface area contributed by atoms with Gasteiger partial charge in [-0.3, -0.25) is 4.79 Å². The first-order valence-electron chi connectivity index (χ1n) is 3.64. The minimum Gasteiger partial charge on any atom is -0.379 e. The lowest BCUT2D eigenvalue weighted by molar-refractivity contribution is 0.0611. The van der Waals surface area contributed by atoms with Crippen LogP contribution in [0.1, 0.15) is 10.5 Å². The highest BCUT2D eigenvalue weighted by Gasteiger charge is 2.21. The van der Waals surface area contributed by atoms with E-state index in [9.17, 15) is 13.6 Å². The molecular formula is C6H8F2N4O2. The van der Waals surface area contributed by atoms with Crippen molar-refractivity contribution < 1.29 is 18.2 Å². The van der Waals surface area contributed by atoms with Crippen molar-refractivity contribution in [2.45, 2.75) is 6.43 Å². The maximum atomic E-state index is 11.9. The number of rotatable bonds is 3. The third-order valence-electron chi connectivity index (χ3n) is 1.48. The number of anilines is 1. The highest BCUT2D eigenvalue weighted by molar-refractivity contribution is 5.95. The number of carbonyl (C=O) groups excluding carboxylic acids is 1. The van der Waals surface area contributed by atoms with E-state index >= 15 is 0 Å². The van der Waals surface area contributed by atoms with Gasteiger partial charge in [-0.05, 0) is 10.3 Å². The molecule has 1 aromatic heterocycles. The van der Waals surface area contributed by atoms with Gasteiger partial charge in [-0.2, -0.15) is 0 Å². The molecule has 2 N–H and O–H groups in total. The first-order valence-corrected chi connectivity index (χ1v) is 3.64. The van der Waals surface area contributed by atoms with Crippen molar-refractivity contribution in [1.82, 2.24) is 15.2 Å². The molecule has 0 aliphatic carbocycles. The number of carbonyl (C=O) groups is 1. The van der Waals surface area contributed by atoms with Gasteiger partial charge >= 0.3 is 0 Å². The summed E-state index contributed by atoms with van der Waals surface area (Å²) in [5, 5.41) is 6.35. The molecule has 0 aliphatic heterocycles. The predicted molar refractivity (Wildman–Crippen MR) is 41.7 cm³/mol. The zero-order valence-electron chi connectivity index (χ0n) is 7.28. The van der Waals surface area contributed by atoms with E-state index in [-0.39, 0.29) is 11.5 Å². The maximum absolute atomic E-state index is 11.9. The van der Waals surface area contributed by atoms with Gasteiger partial charge in [0.2, 0.25) is 11.5 Å². The van der Waals surface area contributed by atoms with E-state index < -0.39 is 18.9 Å². The molecule has 0 unspecified atom stereocenters. The van der Waals surface area contributed by atoms with E-state index in [0.717, 1.165) is 4.90 Å². The molecule has 1 amide bonds. The van der Waals surface area contributed by atoms with Gasteiger partial charge in [-0.15, -0.1) is 0 Å². The Labute approximate surface area is 77.6 Å². The second-order valence-electron chi connectivity index (χ2n) is 2.57. The average Bonchev–Trinajstić information content (AvgIpc) is 2.48. The number of hydrogen-bond acceptors (Lipinski definition) is 5. The summed E-state index contributed by atoms with van der Waals surface area (Å²) < 4.78 is 28.0. The van der Waals surface area contributed by atoms with Crippen LogP contribution in [0.3, 0.4) is 0 Å². The molecule has 0 saturated heterocycles. The minimum absolute atomic E-state index is 0.212. The number of aromatic nitrogens is 2. The molecule has 0 fully saturated rings. The molecule has 1 aromatic rings.